The zero-order valence-electron chi connectivity index (χ0n) is 8.94. The Morgan fingerprint density at radius 1 is 1.33 bits per heavy atom. The van der Waals surface area contributed by atoms with Crippen LogP contribution in [0.5, 0.6) is 0 Å². The molecule has 0 aromatic rings. The van der Waals surface area contributed by atoms with Crippen molar-refractivity contribution >= 4 is 11.9 Å². The van der Waals surface area contributed by atoms with Gasteiger partial charge in [0.1, 0.15) is 0 Å². The average Bonchev–Trinajstić information content (AvgIpc) is 2.49. The summed E-state index contributed by atoms with van der Waals surface area (Å²) in [6, 6.07) is 0. The van der Waals surface area contributed by atoms with Crippen LogP contribution in [-0.4, -0.2) is 61.5 Å². The van der Waals surface area contributed by atoms with Crippen molar-refractivity contribution in [1.29, 1.82) is 0 Å². The molecule has 1 atom stereocenters. The first kappa shape index (κ1) is 10.6. The van der Waals surface area contributed by atoms with Gasteiger partial charge >= 0.3 is 11.9 Å². The van der Waals surface area contributed by atoms with Crippen LogP contribution in [0.4, 0.5) is 0 Å². The van der Waals surface area contributed by atoms with Gasteiger partial charge in [-0.05, 0) is 25.9 Å². The number of carbonyl (C=O) groups excluding carboxylic acids is 2. The third-order valence-corrected chi connectivity index (χ3v) is 2.94. The maximum Gasteiger partial charge on any atom is 0.327 e. The Morgan fingerprint density at radius 3 is 2.53 bits per heavy atom. The summed E-state index contributed by atoms with van der Waals surface area (Å²) < 4.78 is 4.47. The van der Waals surface area contributed by atoms with Crippen molar-refractivity contribution in [2.45, 2.75) is 6.42 Å². The highest BCUT2D eigenvalue weighted by atomic mass is 16.6. The monoisotopic (exact) mass is 212 g/mol. The number of carbonyl (C=O) groups is 2. The van der Waals surface area contributed by atoms with E-state index in [4.69, 9.17) is 0 Å². The molecule has 2 fully saturated rings. The Labute approximate surface area is 89.0 Å². The van der Waals surface area contributed by atoms with Gasteiger partial charge in [0.25, 0.3) is 0 Å². The van der Waals surface area contributed by atoms with Crippen molar-refractivity contribution in [1.82, 2.24) is 9.80 Å². The molecule has 0 amide bonds. The van der Waals surface area contributed by atoms with Gasteiger partial charge in [-0.3, -0.25) is 14.5 Å². The summed E-state index contributed by atoms with van der Waals surface area (Å²) in [5.74, 6) is -0.260. The summed E-state index contributed by atoms with van der Waals surface area (Å²) in [5, 5.41) is 0. The predicted molar refractivity (Wildman–Crippen MR) is 53.1 cm³/mol. The van der Waals surface area contributed by atoms with Crippen LogP contribution in [0.1, 0.15) is 6.42 Å². The largest absolute Gasteiger partial charge is 0.391 e. The molecule has 2 aliphatic rings. The third-order valence-electron chi connectivity index (χ3n) is 2.94. The van der Waals surface area contributed by atoms with E-state index in [1.807, 2.05) is 4.90 Å². The second-order valence-corrected chi connectivity index (χ2v) is 4.43. The Bertz CT molecular complexity index is 264. The highest BCUT2D eigenvalue weighted by molar-refractivity contribution is 5.90. The van der Waals surface area contributed by atoms with E-state index in [0.717, 1.165) is 26.1 Å². The molecular weight excluding hydrogens is 196 g/mol. The molecule has 0 aromatic carbocycles. The lowest BCUT2D eigenvalue weighted by Crippen LogP contribution is -2.45. The first-order chi connectivity index (χ1) is 7.13. The number of ether oxygens (including phenoxy) is 1. The fourth-order valence-electron chi connectivity index (χ4n) is 2.28. The standard InChI is InChI=1S/C10H16N2O3/c1-11-3-2-8(4-11)5-12-6-9(13)15-10(14)7-12/h8H,2-7H2,1H3. The van der Waals surface area contributed by atoms with Crippen LogP contribution in [0.15, 0.2) is 0 Å². The van der Waals surface area contributed by atoms with E-state index in [1.54, 1.807) is 0 Å². The van der Waals surface area contributed by atoms with E-state index < -0.39 is 11.9 Å². The molecule has 0 spiro atoms. The summed E-state index contributed by atoms with van der Waals surface area (Å²) >= 11 is 0. The molecule has 0 radical (unpaired) electrons. The minimum absolute atomic E-state index is 0.256. The van der Waals surface area contributed by atoms with Crippen molar-refractivity contribution < 1.29 is 14.3 Å². The molecule has 1 unspecified atom stereocenters. The molecule has 2 heterocycles. The van der Waals surface area contributed by atoms with Crippen LogP contribution in [0.25, 0.3) is 0 Å². The highest BCUT2D eigenvalue weighted by Crippen LogP contribution is 2.16. The summed E-state index contributed by atoms with van der Waals surface area (Å²) in [7, 11) is 2.09. The van der Waals surface area contributed by atoms with Crippen LogP contribution in [0.2, 0.25) is 0 Å². The Morgan fingerprint density at radius 2 is 2.00 bits per heavy atom. The maximum absolute atomic E-state index is 11.0. The number of hydrogen-bond donors (Lipinski definition) is 0. The lowest BCUT2D eigenvalue weighted by Gasteiger charge is -2.26. The number of cyclic esters (lactones) is 2. The van der Waals surface area contributed by atoms with Gasteiger partial charge in [0, 0.05) is 13.1 Å². The molecule has 0 aliphatic carbocycles. The molecule has 2 aliphatic heterocycles. The average molecular weight is 212 g/mol. The number of nitrogens with zero attached hydrogens (tertiary/aromatic N) is 2. The number of rotatable bonds is 2. The third kappa shape index (κ3) is 2.76. The number of hydrogen-bond acceptors (Lipinski definition) is 5. The van der Waals surface area contributed by atoms with E-state index in [1.165, 1.54) is 0 Å². The first-order valence-electron chi connectivity index (χ1n) is 5.28. The quantitative estimate of drug-likeness (QED) is 0.448. The summed E-state index contributed by atoms with van der Waals surface area (Å²) in [6.45, 7) is 3.50. The molecular formula is C10H16N2O3. The van der Waals surface area contributed by atoms with E-state index in [9.17, 15) is 9.59 Å². The molecule has 5 nitrogen and oxygen atoms in total. The summed E-state index contributed by atoms with van der Waals surface area (Å²) in [4.78, 5) is 26.2. The number of esters is 2. The van der Waals surface area contributed by atoms with Gasteiger partial charge in [-0.1, -0.05) is 0 Å². The van der Waals surface area contributed by atoms with E-state index >= 15 is 0 Å². The molecule has 15 heavy (non-hydrogen) atoms. The Kier molecular flexibility index (Phi) is 3.02. The maximum atomic E-state index is 11.0. The molecule has 0 saturated carbocycles. The zero-order chi connectivity index (χ0) is 10.8. The fourth-order valence-corrected chi connectivity index (χ4v) is 2.28. The van der Waals surface area contributed by atoms with Crippen molar-refractivity contribution in [3.05, 3.63) is 0 Å². The second kappa shape index (κ2) is 4.28. The fraction of sp³-hybridized carbons (Fsp3) is 0.800. The van der Waals surface area contributed by atoms with Crippen LogP contribution >= 0.6 is 0 Å². The lowest BCUT2D eigenvalue weighted by molar-refractivity contribution is -0.167. The van der Waals surface area contributed by atoms with Crippen molar-refractivity contribution in [2.75, 3.05) is 39.8 Å². The smallest absolute Gasteiger partial charge is 0.327 e. The zero-order valence-corrected chi connectivity index (χ0v) is 8.94. The van der Waals surface area contributed by atoms with Gasteiger partial charge in [0.15, 0.2) is 0 Å². The molecule has 5 heteroatoms. The van der Waals surface area contributed by atoms with E-state index in [2.05, 4.69) is 16.7 Å². The number of morpholine rings is 1. The van der Waals surface area contributed by atoms with Crippen molar-refractivity contribution in [2.24, 2.45) is 5.92 Å². The van der Waals surface area contributed by atoms with Gasteiger partial charge in [0.05, 0.1) is 13.1 Å². The SMILES string of the molecule is CN1CCC(CN2CC(=O)OC(=O)C2)C1. The Hall–Kier alpha value is -0.940. The minimum Gasteiger partial charge on any atom is -0.391 e. The Balaban J connectivity index is 1.83. The van der Waals surface area contributed by atoms with Crippen LogP contribution < -0.4 is 0 Å². The van der Waals surface area contributed by atoms with Gasteiger partial charge in [-0.25, -0.2) is 0 Å². The molecule has 0 bridgehead atoms. The van der Waals surface area contributed by atoms with Gasteiger partial charge in [-0.15, -0.1) is 0 Å². The van der Waals surface area contributed by atoms with Crippen molar-refractivity contribution in [3.63, 3.8) is 0 Å². The van der Waals surface area contributed by atoms with Gasteiger partial charge in [0.2, 0.25) is 0 Å². The second-order valence-electron chi connectivity index (χ2n) is 4.43. The molecule has 2 saturated heterocycles. The van der Waals surface area contributed by atoms with Crippen LogP contribution in [0.3, 0.4) is 0 Å². The highest BCUT2D eigenvalue weighted by Gasteiger charge is 2.28. The summed E-state index contributed by atoms with van der Waals surface area (Å²) in [5.41, 5.74) is 0. The molecule has 0 N–H and O–H groups in total. The topological polar surface area (TPSA) is 49.9 Å². The molecule has 2 rings (SSSR count). The lowest BCUT2D eigenvalue weighted by atomic mass is 10.1. The normalized spacial score (nSPS) is 29.5. The molecule has 84 valence electrons. The van der Waals surface area contributed by atoms with E-state index in [0.29, 0.717) is 5.92 Å². The molecule has 0 aromatic heterocycles. The van der Waals surface area contributed by atoms with Crippen LogP contribution in [0, 0.1) is 5.92 Å². The van der Waals surface area contributed by atoms with Crippen molar-refractivity contribution in [3.8, 4) is 0 Å². The number of likely N-dealkylation sites (tertiary alicyclic amines) is 1. The predicted octanol–water partition coefficient (Wildman–Crippen LogP) is -0.676. The summed E-state index contributed by atoms with van der Waals surface area (Å²) in [6.07, 6.45) is 1.15. The van der Waals surface area contributed by atoms with Gasteiger partial charge in [-0.2, -0.15) is 0 Å². The minimum atomic E-state index is -0.419. The van der Waals surface area contributed by atoms with E-state index in [-0.39, 0.29) is 13.1 Å². The van der Waals surface area contributed by atoms with Gasteiger partial charge < -0.3 is 9.64 Å². The first-order valence-corrected chi connectivity index (χ1v) is 5.28. The van der Waals surface area contributed by atoms with Crippen LogP contribution in [-0.2, 0) is 14.3 Å².